The maximum absolute atomic E-state index is 11.6. The van der Waals surface area contributed by atoms with E-state index >= 15 is 0 Å². The van der Waals surface area contributed by atoms with Crippen molar-refractivity contribution >= 4 is 27.3 Å². The number of hydrogen-bond acceptors (Lipinski definition) is 3. The molecule has 0 N–H and O–H groups in total. The molecule has 1 atom stereocenters. The molecule has 0 radical (unpaired) electrons. The maximum Gasteiger partial charge on any atom is 0.233 e. The molecular weight excluding hydrogens is 248 g/mol. The molecule has 1 heterocycles. The SMILES string of the molecule is CS(=O)(=O)N1c2cccc(Cl)c2CC1C#N. The van der Waals surface area contributed by atoms with Gasteiger partial charge in [0.05, 0.1) is 18.0 Å². The first-order chi connectivity index (χ1) is 7.45. The number of nitriles is 1. The average Bonchev–Trinajstić information content (AvgIpc) is 2.57. The van der Waals surface area contributed by atoms with Gasteiger partial charge in [-0.1, -0.05) is 17.7 Å². The Morgan fingerprint density at radius 2 is 2.25 bits per heavy atom. The van der Waals surface area contributed by atoms with Gasteiger partial charge >= 0.3 is 0 Å². The minimum Gasteiger partial charge on any atom is -0.253 e. The van der Waals surface area contributed by atoms with Crippen molar-refractivity contribution in [2.24, 2.45) is 0 Å². The van der Waals surface area contributed by atoms with Crippen LogP contribution in [0.2, 0.25) is 5.02 Å². The van der Waals surface area contributed by atoms with Crippen LogP contribution in [0.5, 0.6) is 0 Å². The summed E-state index contributed by atoms with van der Waals surface area (Å²) in [7, 11) is -3.44. The maximum atomic E-state index is 11.6. The number of nitrogens with zero attached hydrogens (tertiary/aromatic N) is 2. The monoisotopic (exact) mass is 256 g/mol. The van der Waals surface area contributed by atoms with Crippen LogP contribution in [0.25, 0.3) is 0 Å². The molecule has 84 valence electrons. The molecule has 4 nitrogen and oxygen atoms in total. The first-order valence-electron chi connectivity index (χ1n) is 4.61. The third-order valence-corrected chi connectivity index (χ3v) is 4.04. The van der Waals surface area contributed by atoms with Gasteiger partial charge in [-0.3, -0.25) is 4.31 Å². The van der Waals surface area contributed by atoms with Crippen LogP contribution in [0.15, 0.2) is 18.2 Å². The fraction of sp³-hybridized carbons (Fsp3) is 0.300. The Hall–Kier alpha value is -1.25. The first-order valence-corrected chi connectivity index (χ1v) is 6.84. The summed E-state index contributed by atoms with van der Waals surface area (Å²) in [4.78, 5) is 0. The summed E-state index contributed by atoms with van der Waals surface area (Å²) in [6, 6.07) is 6.33. The number of fused-ring (bicyclic) bond motifs is 1. The summed E-state index contributed by atoms with van der Waals surface area (Å²) in [6.45, 7) is 0. The minimum absolute atomic E-state index is 0.346. The van der Waals surface area contributed by atoms with Crippen molar-refractivity contribution in [1.82, 2.24) is 0 Å². The summed E-state index contributed by atoms with van der Waals surface area (Å²) in [6.07, 6.45) is 1.44. The zero-order valence-corrected chi connectivity index (χ0v) is 10.1. The van der Waals surface area contributed by atoms with E-state index in [-0.39, 0.29) is 0 Å². The van der Waals surface area contributed by atoms with E-state index in [4.69, 9.17) is 16.9 Å². The molecule has 1 unspecified atom stereocenters. The lowest BCUT2D eigenvalue weighted by Crippen LogP contribution is -2.35. The van der Waals surface area contributed by atoms with Gasteiger partial charge in [0.25, 0.3) is 0 Å². The van der Waals surface area contributed by atoms with Crippen molar-refractivity contribution in [2.75, 3.05) is 10.6 Å². The molecule has 6 heteroatoms. The van der Waals surface area contributed by atoms with Gasteiger partial charge in [0, 0.05) is 11.4 Å². The Morgan fingerprint density at radius 3 is 2.81 bits per heavy atom. The van der Waals surface area contributed by atoms with Crippen molar-refractivity contribution in [1.29, 1.82) is 5.26 Å². The van der Waals surface area contributed by atoms with Crippen LogP contribution < -0.4 is 4.31 Å². The molecule has 1 aromatic rings. The number of benzene rings is 1. The van der Waals surface area contributed by atoms with E-state index < -0.39 is 16.1 Å². The van der Waals surface area contributed by atoms with Crippen LogP contribution in [0.4, 0.5) is 5.69 Å². The number of halogens is 1. The van der Waals surface area contributed by atoms with E-state index in [1.54, 1.807) is 18.2 Å². The lowest BCUT2D eigenvalue weighted by atomic mass is 10.1. The molecule has 0 amide bonds. The van der Waals surface area contributed by atoms with E-state index in [0.717, 1.165) is 16.1 Å². The Bertz CT molecular complexity index is 577. The van der Waals surface area contributed by atoms with Crippen molar-refractivity contribution < 1.29 is 8.42 Å². The van der Waals surface area contributed by atoms with E-state index in [0.29, 0.717) is 17.1 Å². The molecule has 0 aromatic heterocycles. The lowest BCUT2D eigenvalue weighted by Gasteiger charge is -2.19. The predicted molar refractivity (Wildman–Crippen MR) is 61.9 cm³/mol. The van der Waals surface area contributed by atoms with Crippen molar-refractivity contribution in [3.05, 3.63) is 28.8 Å². The molecule has 0 aliphatic carbocycles. The summed E-state index contributed by atoms with van der Waals surface area (Å²) in [5.41, 5.74) is 1.24. The number of rotatable bonds is 1. The van der Waals surface area contributed by atoms with Crippen LogP contribution in [0, 0.1) is 11.3 Å². The summed E-state index contributed by atoms with van der Waals surface area (Å²) in [5.74, 6) is 0. The van der Waals surface area contributed by atoms with E-state index in [2.05, 4.69) is 0 Å². The zero-order chi connectivity index (χ0) is 11.9. The quantitative estimate of drug-likeness (QED) is 0.766. The molecule has 0 bridgehead atoms. The summed E-state index contributed by atoms with van der Waals surface area (Å²) >= 11 is 5.98. The van der Waals surface area contributed by atoms with Crippen LogP contribution in [0.3, 0.4) is 0 Å². The summed E-state index contributed by atoms with van der Waals surface area (Å²) in [5, 5.41) is 9.47. The largest absolute Gasteiger partial charge is 0.253 e. The van der Waals surface area contributed by atoms with Gasteiger partial charge in [-0.15, -0.1) is 0 Å². The Kier molecular flexibility index (Phi) is 2.56. The third-order valence-electron chi connectivity index (χ3n) is 2.52. The molecule has 1 aliphatic rings. The molecular formula is C10H9ClN2O2S. The van der Waals surface area contributed by atoms with Crippen molar-refractivity contribution in [3.63, 3.8) is 0 Å². The van der Waals surface area contributed by atoms with Crippen molar-refractivity contribution in [2.45, 2.75) is 12.5 Å². The fourth-order valence-electron chi connectivity index (χ4n) is 1.91. The highest BCUT2D eigenvalue weighted by molar-refractivity contribution is 7.92. The zero-order valence-electron chi connectivity index (χ0n) is 8.51. The van der Waals surface area contributed by atoms with Gasteiger partial charge in [-0.25, -0.2) is 8.42 Å². The topological polar surface area (TPSA) is 61.2 Å². The van der Waals surface area contributed by atoms with Gasteiger partial charge in [-0.05, 0) is 17.7 Å². The van der Waals surface area contributed by atoms with Gasteiger partial charge < -0.3 is 0 Å². The van der Waals surface area contributed by atoms with Gasteiger partial charge in [0.15, 0.2) is 0 Å². The highest BCUT2D eigenvalue weighted by Gasteiger charge is 2.36. The molecule has 0 spiro atoms. The van der Waals surface area contributed by atoms with Crippen LogP contribution in [-0.2, 0) is 16.4 Å². The number of sulfonamides is 1. The molecule has 1 aromatic carbocycles. The first kappa shape index (κ1) is 11.2. The highest BCUT2D eigenvalue weighted by Crippen LogP contribution is 2.37. The minimum atomic E-state index is -3.44. The second-order valence-electron chi connectivity index (χ2n) is 3.65. The second kappa shape index (κ2) is 3.65. The molecule has 0 fully saturated rings. The average molecular weight is 257 g/mol. The Morgan fingerprint density at radius 1 is 1.56 bits per heavy atom. The lowest BCUT2D eigenvalue weighted by molar-refractivity contribution is 0.594. The Labute approximate surface area is 99.1 Å². The molecule has 1 aliphatic heterocycles. The number of anilines is 1. The fourth-order valence-corrected chi connectivity index (χ4v) is 3.27. The number of hydrogen-bond donors (Lipinski definition) is 0. The predicted octanol–water partition coefficient (Wildman–Crippen LogP) is 1.55. The van der Waals surface area contributed by atoms with Gasteiger partial charge in [0.1, 0.15) is 6.04 Å². The molecule has 0 saturated heterocycles. The third kappa shape index (κ3) is 1.64. The van der Waals surface area contributed by atoms with E-state index in [1.807, 2.05) is 6.07 Å². The molecule has 2 rings (SSSR count). The normalized spacial score (nSPS) is 19.3. The summed E-state index contributed by atoms with van der Waals surface area (Å²) < 4.78 is 24.4. The van der Waals surface area contributed by atoms with Crippen LogP contribution in [-0.4, -0.2) is 20.7 Å². The van der Waals surface area contributed by atoms with Gasteiger partial charge in [0.2, 0.25) is 10.0 Å². The molecule has 0 saturated carbocycles. The Balaban J connectivity index is 2.64. The van der Waals surface area contributed by atoms with E-state index in [9.17, 15) is 8.42 Å². The van der Waals surface area contributed by atoms with E-state index in [1.165, 1.54) is 0 Å². The standard InChI is InChI=1S/C10H9ClN2O2S/c1-16(14,15)13-7(6-12)5-8-9(11)3-2-4-10(8)13/h2-4,7H,5H2,1H3. The highest BCUT2D eigenvalue weighted by atomic mass is 35.5. The van der Waals surface area contributed by atoms with Gasteiger partial charge in [-0.2, -0.15) is 5.26 Å². The van der Waals surface area contributed by atoms with Crippen LogP contribution in [0.1, 0.15) is 5.56 Å². The second-order valence-corrected chi connectivity index (χ2v) is 5.91. The van der Waals surface area contributed by atoms with Crippen LogP contribution >= 0.6 is 11.6 Å². The molecule has 16 heavy (non-hydrogen) atoms. The smallest absolute Gasteiger partial charge is 0.233 e. The van der Waals surface area contributed by atoms with Crippen molar-refractivity contribution in [3.8, 4) is 6.07 Å².